The molecule has 32 heavy (non-hydrogen) atoms. The van der Waals surface area contributed by atoms with E-state index in [-0.39, 0.29) is 6.42 Å². The molecule has 2 N–H and O–H groups in total. The second-order valence-electron chi connectivity index (χ2n) is 7.22. The van der Waals surface area contributed by atoms with Crippen molar-refractivity contribution < 1.29 is 24.0 Å². The Morgan fingerprint density at radius 3 is 2.59 bits per heavy atom. The number of benzene rings is 3. The molecule has 1 aromatic heterocycles. The molecule has 0 bridgehead atoms. The number of carboxylic acids is 1. The normalized spacial score (nSPS) is 11.8. The van der Waals surface area contributed by atoms with Crippen molar-refractivity contribution >= 4 is 40.3 Å². The molecule has 1 atom stereocenters. The summed E-state index contributed by atoms with van der Waals surface area (Å²) in [7, 11) is 0. The first-order valence-corrected chi connectivity index (χ1v) is 10.2. The highest BCUT2D eigenvalue weighted by Gasteiger charge is 2.17. The summed E-state index contributed by atoms with van der Waals surface area (Å²) in [6.45, 7) is 1.74. The number of nitrogens with one attached hydrogen (secondary N) is 1. The third-order valence-electron chi connectivity index (χ3n) is 4.98. The summed E-state index contributed by atoms with van der Waals surface area (Å²) in [5.74, 6) is -0.892. The Balaban J connectivity index is 1.57. The van der Waals surface area contributed by atoms with Gasteiger partial charge in [0.15, 0.2) is 5.58 Å². The SMILES string of the molecule is CC(OC(=O)Nc1cc(-c2ccc(CC(=O)O)cc2)cc2oncc12)c1ccccc1Cl. The van der Waals surface area contributed by atoms with E-state index < -0.39 is 18.2 Å². The average Bonchev–Trinajstić information content (AvgIpc) is 3.23. The van der Waals surface area contributed by atoms with E-state index in [1.165, 1.54) is 6.20 Å². The van der Waals surface area contributed by atoms with Gasteiger partial charge in [-0.2, -0.15) is 0 Å². The first-order valence-electron chi connectivity index (χ1n) is 9.82. The highest BCUT2D eigenvalue weighted by atomic mass is 35.5. The van der Waals surface area contributed by atoms with Crippen molar-refractivity contribution in [2.75, 3.05) is 5.32 Å². The zero-order valence-electron chi connectivity index (χ0n) is 17.0. The number of aliphatic carboxylic acids is 1. The quantitative estimate of drug-likeness (QED) is 0.369. The second-order valence-corrected chi connectivity index (χ2v) is 7.63. The minimum absolute atomic E-state index is 0.0519. The lowest BCUT2D eigenvalue weighted by molar-refractivity contribution is -0.136. The van der Waals surface area contributed by atoms with E-state index in [4.69, 9.17) is 26.0 Å². The van der Waals surface area contributed by atoms with Crippen molar-refractivity contribution in [1.82, 2.24) is 5.16 Å². The maximum Gasteiger partial charge on any atom is 0.412 e. The highest BCUT2D eigenvalue weighted by Crippen LogP contribution is 2.32. The van der Waals surface area contributed by atoms with Crippen LogP contribution < -0.4 is 5.32 Å². The van der Waals surface area contributed by atoms with Crippen LogP contribution in [0.5, 0.6) is 0 Å². The Bertz CT molecular complexity index is 1280. The van der Waals surface area contributed by atoms with E-state index in [9.17, 15) is 9.59 Å². The number of anilines is 1. The van der Waals surface area contributed by atoms with Crippen LogP contribution >= 0.6 is 11.6 Å². The van der Waals surface area contributed by atoms with Crippen LogP contribution in [0.15, 0.2) is 71.4 Å². The van der Waals surface area contributed by atoms with Gasteiger partial charge in [-0.1, -0.05) is 59.2 Å². The van der Waals surface area contributed by atoms with Crippen molar-refractivity contribution in [2.24, 2.45) is 0 Å². The standard InChI is InChI=1S/C24H19ClN2O5/c1-14(18-4-2-3-5-20(18)25)31-24(30)27-21-11-17(12-22-19(21)13-26-32-22)16-8-6-15(7-9-16)10-23(28)29/h2-9,11-14H,10H2,1H3,(H,27,30)(H,28,29). The van der Waals surface area contributed by atoms with Gasteiger partial charge < -0.3 is 14.4 Å². The number of hydrogen-bond acceptors (Lipinski definition) is 5. The number of hydrogen-bond donors (Lipinski definition) is 2. The summed E-state index contributed by atoms with van der Waals surface area (Å²) >= 11 is 6.19. The molecule has 0 saturated heterocycles. The van der Waals surface area contributed by atoms with Crippen LogP contribution in [0.4, 0.5) is 10.5 Å². The molecule has 1 amide bonds. The minimum Gasteiger partial charge on any atom is -0.481 e. The van der Waals surface area contributed by atoms with Crippen molar-refractivity contribution in [1.29, 1.82) is 0 Å². The van der Waals surface area contributed by atoms with E-state index in [0.29, 0.717) is 32.8 Å². The van der Waals surface area contributed by atoms with Gasteiger partial charge >= 0.3 is 12.1 Å². The molecule has 0 aliphatic carbocycles. The smallest absolute Gasteiger partial charge is 0.412 e. The van der Waals surface area contributed by atoms with Gasteiger partial charge in [0, 0.05) is 10.6 Å². The fraction of sp³-hybridized carbons (Fsp3) is 0.125. The summed E-state index contributed by atoms with van der Waals surface area (Å²) in [5, 5.41) is 16.7. The predicted octanol–water partition coefficient (Wildman–Crippen LogP) is 6.09. The Hall–Kier alpha value is -3.84. The Morgan fingerprint density at radius 1 is 1.12 bits per heavy atom. The molecule has 0 aliphatic rings. The summed E-state index contributed by atoms with van der Waals surface area (Å²) in [6.07, 6.45) is 0.270. The third-order valence-corrected chi connectivity index (χ3v) is 5.33. The number of fused-ring (bicyclic) bond motifs is 1. The number of rotatable bonds is 6. The van der Waals surface area contributed by atoms with Crippen LogP contribution in [0.1, 0.15) is 24.2 Å². The molecule has 1 unspecified atom stereocenters. The Labute approximate surface area is 188 Å². The van der Waals surface area contributed by atoms with Crippen LogP contribution in [-0.2, 0) is 16.0 Å². The number of nitrogens with zero attached hydrogens (tertiary/aromatic N) is 1. The molecular formula is C24H19ClN2O5. The number of amides is 1. The summed E-state index contributed by atoms with van der Waals surface area (Å²) < 4.78 is 10.8. The van der Waals surface area contributed by atoms with Crippen molar-refractivity contribution in [3.8, 4) is 11.1 Å². The largest absolute Gasteiger partial charge is 0.481 e. The molecule has 8 heteroatoms. The minimum atomic E-state index is -0.892. The van der Waals surface area contributed by atoms with Gasteiger partial charge in [0.2, 0.25) is 0 Å². The predicted molar refractivity (Wildman–Crippen MR) is 121 cm³/mol. The van der Waals surface area contributed by atoms with Gasteiger partial charge in [-0.3, -0.25) is 10.1 Å². The van der Waals surface area contributed by atoms with Crippen molar-refractivity contribution in [2.45, 2.75) is 19.4 Å². The van der Waals surface area contributed by atoms with Crippen LogP contribution in [-0.4, -0.2) is 22.3 Å². The molecule has 0 spiro atoms. The Kier molecular flexibility index (Phi) is 6.09. The number of aromatic nitrogens is 1. The topological polar surface area (TPSA) is 102 Å². The Morgan fingerprint density at radius 2 is 1.88 bits per heavy atom. The first-order chi connectivity index (χ1) is 15.4. The molecule has 3 aromatic carbocycles. The number of carboxylic acid groups (broad SMARTS) is 1. The van der Waals surface area contributed by atoms with E-state index in [0.717, 1.165) is 11.1 Å². The summed E-state index contributed by atoms with van der Waals surface area (Å²) in [5.41, 5.74) is 3.97. The van der Waals surface area contributed by atoms with Crippen molar-refractivity contribution in [3.63, 3.8) is 0 Å². The van der Waals surface area contributed by atoms with Gasteiger partial charge in [-0.15, -0.1) is 0 Å². The van der Waals surface area contributed by atoms with Crippen LogP contribution in [0.25, 0.3) is 22.1 Å². The molecule has 4 rings (SSSR count). The molecule has 0 aliphatic heterocycles. The molecule has 162 valence electrons. The van der Waals surface area contributed by atoms with E-state index in [1.54, 1.807) is 49.4 Å². The highest BCUT2D eigenvalue weighted by molar-refractivity contribution is 6.31. The summed E-state index contributed by atoms with van der Waals surface area (Å²) in [4.78, 5) is 23.5. The zero-order chi connectivity index (χ0) is 22.7. The van der Waals surface area contributed by atoms with Gasteiger partial charge in [-0.25, -0.2) is 4.79 Å². The lowest BCUT2D eigenvalue weighted by Gasteiger charge is -2.16. The van der Waals surface area contributed by atoms with Crippen molar-refractivity contribution in [3.05, 3.63) is 83.0 Å². The van der Waals surface area contributed by atoms with Gasteiger partial charge in [0.05, 0.1) is 23.7 Å². The van der Waals surface area contributed by atoms with Gasteiger partial charge in [0.25, 0.3) is 0 Å². The number of halogens is 1. The maximum absolute atomic E-state index is 12.6. The summed E-state index contributed by atoms with van der Waals surface area (Å²) in [6, 6.07) is 17.9. The van der Waals surface area contributed by atoms with Gasteiger partial charge in [0.1, 0.15) is 6.10 Å². The van der Waals surface area contributed by atoms with Crippen LogP contribution in [0, 0.1) is 0 Å². The fourth-order valence-electron chi connectivity index (χ4n) is 3.40. The van der Waals surface area contributed by atoms with Crippen LogP contribution in [0.2, 0.25) is 5.02 Å². The molecule has 0 saturated carbocycles. The second kappa shape index (κ2) is 9.11. The van der Waals surface area contributed by atoms with E-state index in [1.807, 2.05) is 18.2 Å². The first kappa shape index (κ1) is 21.4. The molecule has 1 heterocycles. The maximum atomic E-state index is 12.6. The number of ether oxygens (including phenoxy) is 1. The lowest BCUT2D eigenvalue weighted by Crippen LogP contribution is -2.16. The monoisotopic (exact) mass is 450 g/mol. The third kappa shape index (κ3) is 4.73. The molecule has 0 radical (unpaired) electrons. The van der Waals surface area contributed by atoms with Crippen LogP contribution in [0.3, 0.4) is 0 Å². The number of carbonyl (C=O) groups is 2. The van der Waals surface area contributed by atoms with Gasteiger partial charge in [-0.05, 0) is 41.8 Å². The fourth-order valence-corrected chi connectivity index (χ4v) is 3.69. The van der Waals surface area contributed by atoms with E-state index >= 15 is 0 Å². The molecular weight excluding hydrogens is 432 g/mol. The lowest BCUT2D eigenvalue weighted by atomic mass is 10.0. The molecule has 4 aromatic rings. The number of carbonyl (C=O) groups excluding carboxylic acids is 1. The van der Waals surface area contributed by atoms with E-state index in [2.05, 4.69) is 10.5 Å². The average molecular weight is 451 g/mol. The molecule has 7 nitrogen and oxygen atoms in total. The zero-order valence-corrected chi connectivity index (χ0v) is 17.8. The molecule has 0 fully saturated rings.